The van der Waals surface area contributed by atoms with E-state index in [0.29, 0.717) is 22.9 Å². The summed E-state index contributed by atoms with van der Waals surface area (Å²) in [7, 11) is 0. The standard InChI is InChI=1S/C21H24N2O4S/c1-4-26-19(24)16-10-11-17(20(25)27-5-2)18(12-16)23-21(28)22-13-15-8-6-14(3)7-9-15/h6-12H,4-5,13H2,1-3H3,(H2,22,23,28). The van der Waals surface area contributed by atoms with Gasteiger partial charge in [-0.05, 0) is 56.8 Å². The van der Waals surface area contributed by atoms with Crippen molar-refractivity contribution in [3.63, 3.8) is 0 Å². The third-order valence-corrected chi connectivity index (χ3v) is 4.09. The number of esters is 2. The highest BCUT2D eigenvalue weighted by Gasteiger charge is 2.17. The molecule has 6 nitrogen and oxygen atoms in total. The Bertz CT molecular complexity index is 850. The first-order chi connectivity index (χ1) is 13.4. The molecule has 28 heavy (non-hydrogen) atoms. The van der Waals surface area contributed by atoms with Gasteiger partial charge in [-0.15, -0.1) is 0 Å². The molecule has 2 aromatic rings. The number of hydrogen-bond donors (Lipinski definition) is 2. The Morgan fingerprint density at radius 2 is 1.61 bits per heavy atom. The summed E-state index contributed by atoms with van der Waals surface area (Å²) in [4.78, 5) is 24.2. The van der Waals surface area contributed by atoms with Crippen LogP contribution in [0.25, 0.3) is 0 Å². The Morgan fingerprint density at radius 3 is 2.25 bits per heavy atom. The van der Waals surface area contributed by atoms with Gasteiger partial charge in [0.25, 0.3) is 0 Å². The second-order valence-corrected chi connectivity index (χ2v) is 6.40. The Morgan fingerprint density at radius 1 is 0.964 bits per heavy atom. The van der Waals surface area contributed by atoms with Crippen LogP contribution in [0, 0.1) is 6.92 Å². The average molecular weight is 401 g/mol. The summed E-state index contributed by atoms with van der Waals surface area (Å²) in [5.74, 6) is -0.971. The number of thiocarbonyl (C=S) groups is 1. The molecule has 0 aliphatic heterocycles. The quantitative estimate of drug-likeness (QED) is 0.540. The zero-order valence-corrected chi connectivity index (χ0v) is 17.0. The molecule has 0 heterocycles. The van der Waals surface area contributed by atoms with Gasteiger partial charge in [-0.25, -0.2) is 9.59 Å². The van der Waals surface area contributed by atoms with E-state index in [1.807, 2.05) is 31.2 Å². The van der Waals surface area contributed by atoms with Gasteiger partial charge in [-0.2, -0.15) is 0 Å². The van der Waals surface area contributed by atoms with Crippen molar-refractivity contribution in [1.82, 2.24) is 5.32 Å². The third kappa shape index (κ3) is 6.06. The van der Waals surface area contributed by atoms with Crippen LogP contribution >= 0.6 is 12.2 Å². The number of carbonyl (C=O) groups excluding carboxylic acids is 2. The minimum Gasteiger partial charge on any atom is -0.462 e. The van der Waals surface area contributed by atoms with Crippen molar-refractivity contribution in [2.24, 2.45) is 0 Å². The lowest BCUT2D eigenvalue weighted by Gasteiger charge is -2.15. The first kappa shape index (κ1) is 21.4. The molecule has 0 aliphatic carbocycles. The Kier molecular flexibility index (Phi) is 7.95. The zero-order chi connectivity index (χ0) is 20.5. The highest BCUT2D eigenvalue weighted by molar-refractivity contribution is 7.80. The normalized spacial score (nSPS) is 10.1. The summed E-state index contributed by atoms with van der Waals surface area (Å²) in [6, 6.07) is 12.6. The van der Waals surface area contributed by atoms with Crippen LogP contribution in [-0.4, -0.2) is 30.3 Å². The number of anilines is 1. The monoisotopic (exact) mass is 400 g/mol. The van der Waals surface area contributed by atoms with Gasteiger partial charge < -0.3 is 20.1 Å². The van der Waals surface area contributed by atoms with Crippen molar-refractivity contribution in [3.8, 4) is 0 Å². The molecule has 0 radical (unpaired) electrons. The van der Waals surface area contributed by atoms with Crippen LogP contribution in [0.3, 0.4) is 0 Å². The second kappa shape index (κ2) is 10.4. The average Bonchev–Trinajstić information content (AvgIpc) is 2.68. The molecule has 0 saturated heterocycles. The molecule has 148 valence electrons. The maximum Gasteiger partial charge on any atom is 0.340 e. The van der Waals surface area contributed by atoms with E-state index in [-0.39, 0.29) is 18.8 Å². The van der Waals surface area contributed by atoms with E-state index < -0.39 is 11.9 Å². The number of nitrogens with one attached hydrogen (secondary N) is 2. The Balaban J connectivity index is 2.15. The molecule has 2 aromatic carbocycles. The molecule has 0 spiro atoms. The van der Waals surface area contributed by atoms with Crippen LogP contribution in [0.1, 0.15) is 45.7 Å². The van der Waals surface area contributed by atoms with Crippen LogP contribution < -0.4 is 10.6 Å². The van der Waals surface area contributed by atoms with Gasteiger partial charge >= 0.3 is 11.9 Å². The summed E-state index contributed by atoms with van der Waals surface area (Å²) >= 11 is 5.34. The summed E-state index contributed by atoms with van der Waals surface area (Å²) < 4.78 is 10.1. The van der Waals surface area contributed by atoms with E-state index in [1.54, 1.807) is 13.8 Å². The molecule has 0 bridgehead atoms. The number of ether oxygens (including phenoxy) is 2. The molecule has 0 saturated carbocycles. The molecule has 0 unspecified atom stereocenters. The summed E-state index contributed by atoms with van der Waals surface area (Å²) in [6.07, 6.45) is 0. The van der Waals surface area contributed by atoms with Crippen molar-refractivity contribution >= 4 is 35.0 Å². The lowest BCUT2D eigenvalue weighted by molar-refractivity contribution is 0.0512. The van der Waals surface area contributed by atoms with E-state index in [2.05, 4.69) is 10.6 Å². The minimum atomic E-state index is -0.498. The van der Waals surface area contributed by atoms with Gasteiger partial charge in [-0.1, -0.05) is 29.8 Å². The van der Waals surface area contributed by atoms with Gasteiger partial charge in [0.05, 0.1) is 30.0 Å². The third-order valence-electron chi connectivity index (χ3n) is 3.85. The van der Waals surface area contributed by atoms with Crippen molar-refractivity contribution in [3.05, 3.63) is 64.7 Å². The molecular weight excluding hydrogens is 376 g/mol. The zero-order valence-electron chi connectivity index (χ0n) is 16.2. The van der Waals surface area contributed by atoms with Crippen LogP contribution in [0.15, 0.2) is 42.5 Å². The molecule has 7 heteroatoms. The Labute approximate surface area is 170 Å². The van der Waals surface area contributed by atoms with E-state index in [0.717, 1.165) is 5.56 Å². The summed E-state index contributed by atoms with van der Waals surface area (Å²) in [5.41, 5.74) is 3.23. The van der Waals surface area contributed by atoms with Crippen molar-refractivity contribution < 1.29 is 19.1 Å². The molecule has 0 amide bonds. The van der Waals surface area contributed by atoms with Gasteiger partial charge in [0.15, 0.2) is 5.11 Å². The first-order valence-electron chi connectivity index (χ1n) is 9.03. The number of benzene rings is 2. The van der Waals surface area contributed by atoms with Crippen LogP contribution in [-0.2, 0) is 16.0 Å². The molecule has 0 aromatic heterocycles. The van der Waals surface area contributed by atoms with Crippen molar-refractivity contribution in [2.75, 3.05) is 18.5 Å². The van der Waals surface area contributed by atoms with Gasteiger partial charge in [-0.3, -0.25) is 0 Å². The minimum absolute atomic E-state index is 0.244. The molecule has 2 N–H and O–H groups in total. The van der Waals surface area contributed by atoms with Crippen LogP contribution in [0.5, 0.6) is 0 Å². The lowest BCUT2D eigenvalue weighted by Crippen LogP contribution is -2.29. The SMILES string of the molecule is CCOC(=O)c1ccc(C(=O)OCC)c(NC(=S)NCc2ccc(C)cc2)c1. The highest BCUT2D eigenvalue weighted by Crippen LogP contribution is 2.20. The van der Waals surface area contributed by atoms with E-state index in [4.69, 9.17) is 21.7 Å². The fourth-order valence-corrected chi connectivity index (χ4v) is 2.61. The summed E-state index contributed by atoms with van der Waals surface area (Å²) in [5, 5.41) is 6.40. The number of aryl methyl sites for hydroxylation is 1. The maximum absolute atomic E-state index is 12.2. The van der Waals surface area contributed by atoms with Crippen LogP contribution in [0.4, 0.5) is 5.69 Å². The molecule has 0 fully saturated rings. The summed E-state index contributed by atoms with van der Waals surface area (Å²) in [6.45, 7) is 6.51. The van der Waals surface area contributed by atoms with Gasteiger partial charge in [0.2, 0.25) is 0 Å². The molecular formula is C21H24N2O4S. The van der Waals surface area contributed by atoms with E-state index >= 15 is 0 Å². The number of hydrogen-bond acceptors (Lipinski definition) is 5. The predicted octanol–water partition coefficient (Wildman–Crippen LogP) is 3.84. The second-order valence-electron chi connectivity index (χ2n) is 5.99. The molecule has 0 atom stereocenters. The topological polar surface area (TPSA) is 76.7 Å². The van der Waals surface area contributed by atoms with Crippen molar-refractivity contribution in [2.45, 2.75) is 27.3 Å². The number of rotatable bonds is 7. The van der Waals surface area contributed by atoms with Gasteiger partial charge in [0, 0.05) is 6.54 Å². The van der Waals surface area contributed by atoms with Crippen molar-refractivity contribution in [1.29, 1.82) is 0 Å². The van der Waals surface area contributed by atoms with E-state index in [1.165, 1.54) is 23.8 Å². The smallest absolute Gasteiger partial charge is 0.340 e. The van der Waals surface area contributed by atoms with Crippen LogP contribution in [0.2, 0.25) is 0 Å². The number of carbonyl (C=O) groups is 2. The maximum atomic E-state index is 12.2. The molecule has 0 aliphatic rings. The lowest BCUT2D eigenvalue weighted by atomic mass is 10.1. The fraction of sp³-hybridized carbons (Fsp3) is 0.286. The highest BCUT2D eigenvalue weighted by atomic mass is 32.1. The predicted molar refractivity (Wildman–Crippen MR) is 113 cm³/mol. The first-order valence-corrected chi connectivity index (χ1v) is 9.44. The molecule has 2 rings (SSSR count). The largest absolute Gasteiger partial charge is 0.462 e. The Hall–Kier alpha value is -2.93. The fourth-order valence-electron chi connectivity index (χ4n) is 2.43. The van der Waals surface area contributed by atoms with Gasteiger partial charge in [0.1, 0.15) is 0 Å². The van der Waals surface area contributed by atoms with E-state index in [9.17, 15) is 9.59 Å².